The zero-order valence-corrected chi connectivity index (χ0v) is 15.9. The van der Waals surface area contributed by atoms with E-state index in [-0.39, 0.29) is 11.7 Å². The van der Waals surface area contributed by atoms with E-state index >= 15 is 0 Å². The van der Waals surface area contributed by atoms with Gasteiger partial charge in [-0.25, -0.2) is 4.39 Å². The van der Waals surface area contributed by atoms with Crippen LogP contribution in [0.3, 0.4) is 0 Å². The summed E-state index contributed by atoms with van der Waals surface area (Å²) in [6.45, 7) is 5.93. The van der Waals surface area contributed by atoms with Gasteiger partial charge in [-0.1, -0.05) is 38.5 Å². The molecular weight excluding hydrogens is 341 g/mol. The zero-order valence-electron chi connectivity index (χ0n) is 15.9. The number of hydrogen-bond acceptors (Lipinski definition) is 3. The van der Waals surface area contributed by atoms with Crippen molar-refractivity contribution in [3.05, 3.63) is 60.0 Å². The number of hydrogen-bond donors (Lipinski definition) is 2. The molecule has 142 valence electrons. The lowest BCUT2D eigenvalue weighted by Gasteiger charge is -2.25. The first-order valence-corrected chi connectivity index (χ1v) is 9.56. The van der Waals surface area contributed by atoms with E-state index in [1.54, 1.807) is 6.20 Å². The smallest absolute Gasteiger partial charge is 0.257 e. The number of benzene rings is 2. The molecule has 0 aliphatic carbocycles. The van der Waals surface area contributed by atoms with E-state index in [2.05, 4.69) is 29.4 Å². The highest BCUT2D eigenvalue weighted by Crippen LogP contribution is 2.31. The Morgan fingerprint density at radius 3 is 2.67 bits per heavy atom. The second-order valence-corrected chi connectivity index (χ2v) is 6.71. The van der Waals surface area contributed by atoms with Crippen molar-refractivity contribution in [2.24, 2.45) is 0 Å². The molecule has 0 saturated heterocycles. The summed E-state index contributed by atoms with van der Waals surface area (Å²) in [5.41, 5.74) is 3.44. The fourth-order valence-electron chi connectivity index (χ4n) is 3.26. The summed E-state index contributed by atoms with van der Waals surface area (Å²) >= 11 is 0. The third-order valence-electron chi connectivity index (χ3n) is 4.66. The van der Waals surface area contributed by atoms with Crippen LogP contribution in [0.5, 0.6) is 0 Å². The van der Waals surface area contributed by atoms with E-state index in [1.807, 2.05) is 36.4 Å². The molecule has 5 heteroatoms. The average Bonchev–Trinajstić information content (AvgIpc) is 2.99. The summed E-state index contributed by atoms with van der Waals surface area (Å²) in [5.74, 6) is -0.409. The Bertz CT molecular complexity index is 847. The van der Waals surface area contributed by atoms with Gasteiger partial charge in [0, 0.05) is 36.2 Å². The van der Waals surface area contributed by atoms with Gasteiger partial charge in [0.1, 0.15) is 5.82 Å². The molecule has 0 unspecified atom stereocenters. The number of para-hydroxylation sites is 1. The molecule has 4 nitrogen and oxygen atoms in total. The van der Waals surface area contributed by atoms with Crippen molar-refractivity contribution in [2.45, 2.75) is 33.1 Å². The van der Waals surface area contributed by atoms with Crippen LogP contribution >= 0.6 is 0 Å². The fraction of sp³-hybridized carbons (Fsp3) is 0.318. The number of fused-ring (bicyclic) bond motifs is 1. The number of nitrogens with zero attached hydrogens (tertiary/aromatic N) is 1. The summed E-state index contributed by atoms with van der Waals surface area (Å²) < 4.78 is 14.7. The van der Waals surface area contributed by atoms with Crippen LogP contribution in [0.4, 0.5) is 21.5 Å². The molecule has 1 aliphatic rings. The highest BCUT2D eigenvalue weighted by atomic mass is 19.1. The minimum Gasteiger partial charge on any atom is -0.369 e. The Kier molecular flexibility index (Phi) is 6.12. The first-order valence-electron chi connectivity index (χ1n) is 9.56. The van der Waals surface area contributed by atoms with Crippen LogP contribution < -0.4 is 15.5 Å². The van der Waals surface area contributed by atoms with Crippen molar-refractivity contribution < 1.29 is 9.18 Å². The number of amides is 1. The SMILES string of the molecule is CCCCN(CCC)c1ccc(N/C=C2/C(=O)Nc3ccccc32)cc1F. The van der Waals surface area contributed by atoms with E-state index in [9.17, 15) is 9.18 Å². The molecule has 0 radical (unpaired) electrons. The molecule has 2 aromatic rings. The van der Waals surface area contributed by atoms with Crippen LogP contribution in [0.25, 0.3) is 5.57 Å². The number of rotatable bonds is 8. The van der Waals surface area contributed by atoms with Gasteiger partial charge in [-0.15, -0.1) is 0 Å². The summed E-state index contributed by atoms with van der Waals surface area (Å²) in [5, 5.41) is 5.88. The Morgan fingerprint density at radius 2 is 1.93 bits per heavy atom. The molecule has 0 fully saturated rings. The molecule has 0 saturated carbocycles. The lowest BCUT2D eigenvalue weighted by Crippen LogP contribution is -2.26. The number of nitrogens with one attached hydrogen (secondary N) is 2. The molecule has 0 spiro atoms. The summed E-state index contributed by atoms with van der Waals surface area (Å²) in [4.78, 5) is 14.2. The second kappa shape index (κ2) is 8.71. The van der Waals surface area contributed by atoms with Crippen molar-refractivity contribution in [3.8, 4) is 0 Å². The fourth-order valence-corrected chi connectivity index (χ4v) is 3.26. The van der Waals surface area contributed by atoms with Crippen molar-refractivity contribution in [1.29, 1.82) is 0 Å². The van der Waals surface area contributed by atoms with Crippen LogP contribution in [0, 0.1) is 5.82 Å². The first-order chi connectivity index (χ1) is 13.1. The van der Waals surface area contributed by atoms with E-state index in [0.717, 1.165) is 43.6 Å². The van der Waals surface area contributed by atoms with Crippen LogP contribution in [0.15, 0.2) is 48.7 Å². The minimum absolute atomic E-state index is 0.158. The lowest BCUT2D eigenvalue weighted by molar-refractivity contribution is -0.110. The molecule has 0 aromatic heterocycles. The standard InChI is InChI=1S/C22H26FN3O/c1-3-5-13-26(12-4-2)21-11-10-16(14-19(21)23)24-15-18-17-8-6-7-9-20(17)25-22(18)27/h6-11,14-15,24H,3-5,12-13H2,1-2H3,(H,25,27)/b18-15+. The molecule has 2 aromatic carbocycles. The van der Waals surface area contributed by atoms with Crippen LogP contribution in [0.2, 0.25) is 0 Å². The van der Waals surface area contributed by atoms with Gasteiger partial charge >= 0.3 is 0 Å². The van der Waals surface area contributed by atoms with Gasteiger partial charge in [-0.2, -0.15) is 0 Å². The highest BCUT2D eigenvalue weighted by molar-refractivity contribution is 6.31. The predicted molar refractivity (Wildman–Crippen MR) is 110 cm³/mol. The number of carbonyl (C=O) groups excluding carboxylic acids is 1. The van der Waals surface area contributed by atoms with Gasteiger partial charge in [0.15, 0.2) is 0 Å². The molecule has 2 N–H and O–H groups in total. The number of anilines is 3. The molecule has 27 heavy (non-hydrogen) atoms. The summed E-state index contributed by atoms with van der Waals surface area (Å²) in [7, 11) is 0. The number of unbranched alkanes of at least 4 members (excludes halogenated alkanes) is 1. The molecule has 1 aliphatic heterocycles. The van der Waals surface area contributed by atoms with Gasteiger partial charge in [-0.3, -0.25) is 4.79 Å². The molecule has 0 bridgehead atoms. The average molecular weight is 367 g/mol. The van der Waals surface area contributed by atoms with E-state index in [0.29, 0.717) is 16.9 Å². The summed E-state index contributed by atoms with van der Waals surface area (Å²) in [6, 6.07) is 12.7. The Labute approximate surface area is 160 Å². The number of carbonyl (C=O) groups is 1. The van der Waals surface area contributed by atoms with Gasteiger partial charge in [-0.05, 0) is 37.1 Å². The predicted octanol–water partition coefficient (Wildman–Crippen LogP) is 5.25. The number of halogens is 1. The van der Waals surface area contributed by atoms with Gasteiger partial charge in [0.05, 0.1) is 11.3 Å². The maximum Gasteiger partial charge on any atom is 0.257 e. The first kappa shape index (κ1) is 19.0. The van der Waals surface area contributed by atoms with Gasteiger partial charge < -0.3 is 15.5 Å². The maximum atomic E-state index is 14.7. The van der Waals surface area contributed by atoms with Crippen molar-refractivity contribution in [2.75, 3.05) is 28.6 Å². The Morgan fingerprint density at radius 1 is 1.11 bits per heavy atom. The Balaban J connectivity index is 1.77. The minimum atomic E-state index is -0.251. The quantitative estimate of drug-likeness (QED) is 0.627. The molecule has 0 atom stereocenters. The highest BCUT2D eigenvalue weighted by Gasteiger charge is 2.23. The van der Waals surface area contributed by atoms with Gasteiger partial charge in [0.2, 0.25) is 0 Å². The van der Waals surface area contributed by atoms with Crippen LogP contribution in [0.1, 0.15) is 38.7 Å². The zero-order chi connectivity index (χ0) is 19.2. The second-order valence-electron chi connectivity index (χ2n) is 6.71. The monoisotopic (exact) mass is 367 g/mol. The van der Waals surface area contributed by atoms with Crippen LogP contribution in [-0.4, -0.2) is 19.0 Å². The van der Waals surface area contributed by atoms with Gasteiger partial charge in [0.25, 0.3) is 5.91 Å². The third-order valence-corrected chi connectivity index (χ3v) is 4.66. The summed E-state index contributed by atoms with van der Waals surface area (Å²) in [6.07, 6.45) is 4.74. The molecule has 1 heterocycles. The van der Waals surface area contributed by atoms with E-state index < -0.39 is 0 Å². The van der Waals surface area contributed by atoms with Crippen molar-refractivity contribution >= 4 is 28.5 Å². The topological polar surface area (TPSA) is 44.4 Å². The third kappa shape index (κ3) is 4.30. The molecule has 1 amide bonds. The molecule has 3 rings (SSSR count). The maximum absolute atomic E-state index is 14.7. The van der Waals surface area contributed by atoms with E-state index in [1.165, 1.54) is 6.07 Å². The van der Waals surface area contributed by atoms with Crippen molar-refractivity contribution in [1.82, 2.24) is 0 Å². The normalized spacial score (nSPS) is 14.2. The lowest BCUT2D eigenvalue weighted by atomic mass is 10.1. The van der Waals surface area contributed by atoms with E-state index in [4.69, 9.17) is 0 Å². The van der Waals surface area contributed by atoms with Crippen LogP contribution in [-0.2, 0) is 4.79 Å². The Hall–Kier alpha value is -2.82. The van der Waals surface area contributed by atoms with Crippen molar-refractivity contribution in [3.63, 3.8) is 0 Å². The largest absolute Gasteiger partial charge is 0.369 e. The molecular formula is C22H26FN3O.